The molecule has 15 rings (SSSR count). The lowest BCUT2D eigenvalue weighted by molar-refractivity contribution is -0.393. The second-order valence-corrected chi connectivity index (χ2v) is 33.5. The molecule has 5 N–H and O–H groups in total. The number of aromatic hydroxyl groups is 5. The number of Topliss-reactive ketones (excluding diaryl/α,β-unsaturated/α-hetero) is 5. The third-order valence-corrected chi connectivity index (χ3v) is 23.8. The maximum Gasteiger partial charge on any atom is 0.303 e. The maximum atomic E-state index is 12.5. The van der Waals surface area contributed by atoms with Crippen LogP contribution in [-0.4, -0.2) is 170 Å². The van der Waals surface area contributed by atoms with Gasteiger partial charge >= 0.3 is 5.69 Å². The van der Waals surface area contributed by atoms with E-state index in [1.54, 1.807) is 7.11 Å². The van der Waals surface area contributed by atoms with Gasteiger partial charge in [0.2, 0.25) is 0 Å². The molecule has 5 heterocycles. The van der Waals surface area contributed by atoms with Crippen LogP contribution < -0.4 is 24.5 Å². The molecule has 47 nitrogen and oxygen atoms in total. The number of phenolic OH excluding ortho intramolecular Hbond substituents is 5. The summed E-state index contributed by atoms with van der Waals surface area (Å²) in [6.07, 6.45) is 4.40. The van der Waals surface area contributed by atoms with Crippen LogP contribution in [0.15, 0.2) is 250 Å². The van der Waals surface area contributed by atoms with Crippen LogP contribution >= 0.6 is 27.5 Å². The lowest BCUT2D eigenvalue weighted by Crippen LogP contribution is -2.33. The molecule has 10 aromatic carbocycles. The van der Waals surface area contributed by atoms with E-state index in [-0.39, 0.29) is 143 Å². The molecule has 5 aliphatic rings. The Morgan fingerprint density at radius 1 is 0.377 bits per heavy atom. The highest BCUT2D eigenvalue weighted by molar-refractivity contribution is 9.10. The maximum absolute atomic E-state index is 12.5. The standard InChI is InChI=1S/C21H21BrN4O5.C21H19N5O5.C20H19N5O7.C18H17ClN4O4.C17H16N4O4/c1-3-31-13(2)6-8-25-9-7-20(27)15-11-18(21(28)12-19(15)25)24-23-17-5-4-14(26(29)30)10-16(17)22;1-13(31-2)5-7-25-8-6-20(27)16-10-18(21(28)11-19(16)25)24-23-17-4-3-15(26(29)30)9-14(17)12-22;1-12(32-2)5-7-23-8-6-19(26)14-10-16(20(27)11-17(14)23)22-21-15-4-3-13(24(28)29)9-18(15)25(30)31;1-2-6-22-7-5-17(24)12-9-15(18(25)10-16(12)22)21-20-14-4-3-11(23(26)27)8-13(14)19;1-2-20-8-7-16(22)13-9-14(17(23)10-15(13)20)19-18-11-3-5-12(6-4-11)21(24)25/h4-5,10-12,28H,2-3,6-9H2,1H3;3-4,9-11,28H,1,5-8H2,2H3;3-4,9-11,27H,1,5-8H2,2H3;3-4,8-10,25H,2,5-7H2,1H3;3-6,9-10,23H,2,7-8H2,1H3. The molecular weight excluding hydrogens is 1990 g/mol. The Hall–Kier alpha value is -18.2. The third-order valence-electron chi connectivity index (χ3n) is 22.9. The minimum Gasteiger partial charge on any atom is -0.506 e. The minimum absolute atomic E-state index is 0.00601. The van der Waals surface area contributed by atoms with Crippen molar-refractivity contribution < 1.29 is 93.3 Å². The number of anilines is 5. The van der Waals surface area contributed by atoms with E-state index in [1.807, 2.05) is 46.4 Å². The highest BCUT2D eigenvalue weighted by atomic mass is 79.9. The lowest BCUT2D eigenvalue weighted by Gasteiger charge is -2.31. The van der Waals surface area contributed by atoms with E-state index >= 15 is 0 Å². The van der Waals surface area contributed by atoms with Gasteiger partial charge in [-0.25, -0.2) is 0 Å². The van der Waals surface area contributed by atoms with Crippen molar-refractivity contribution in [3.8, 4) is 34.8 Å². The van der Waals surface area contributed by atoms with Gasteiger partial charge in [0.25, 0.3) is 28.4 Å². The summed E-state index contributed by atoms with van der Waals surface area (Å²) in [4.78, 5) is 133. The molecular formula is C97H92BrClN22O25. The zero-order valence-electron chi connectivity index (χ0n) is 78.8. The van der Waals surface area contributed by atoms with Gasteiger partial charge in [-0.1, -0.05) is 38.3 Å². The summed E-state index contributed by atoms with van der Waals surface area (Å²) in [6.45, 7) is 23.9. The Balaban J connectivity index is 0.000000174. The number of rotatable bonds is 32. The van der Waals surface area contributed by atoms with E-state index in [2.05, 4.69) is 91.7 Å². The number of hydrogen-bond acceptors (Lipinski definition) is 41. The average Bonchev–Trinajstić information content (AvgIpc) is 0.799. The van der Waals surface area contributed by atoms with Crippen molar-refractivity contribution in [2.24, 2.45) is 51.1 Å². The first-order valence-electron chi connectivity index (χ1n) is 44.6. The number of nitro benzene ring substituents is 6. The SMILES string of the molecule is C=C(CCN1CCC(=O)c2cc(N=Nc3ccc([N+](=O)[O-])cc3Br)c(O)cc21)OCC.C=C(CCN1CCC(=O)c2cc(N=Nc3ccc([N+](=O)[O-])cc3C#N)c(O)cc21)OC.C=C(CCN1CCC(=O)c2cc(N=Nc3ccc([N+](=O)[O-])cc3[N+](=O)[O-])c(O)cc21)OC.CCCN1CCC(=O)c2cc(N=Nc3ccc([N+](=O)[O-])cc3Cl)c(O)cc21.CCN1CCC(=O)c2cc(N=Nc3ccc([N+](=O)[O-])cc3)c(O)cc21. The van der Waals surface area contributed by atoms with Crippen LogP contribution in [0, 0.1) is 72.0 Å². The van der Waals surface area contributed by atoms with Crippen LogP contribution in [0.3, 0.4) is 0 Å². The number of carbonyl (C=O) groups excluding carboxylic acids is 5. The van der Waals surface area contributed by atoms with Crippen LogP contribution in [0.4, 0.5) is 119 Å². The van der Waals surface area contributed by atoms with Gasteiger partial charge in [-0.05, 0) is 103 Å². The Bertz CT molecular complexity index is 7070. The number of nitriles is 1. The second-order valence-electron chi connectivity index (χ2n) is 32.2. The Morgan fingerprint density at radius 2 is 0.678 bits per heavy atom. The summed E-state index contributed by atoms with van der Waals surface area (Å²) >= 11 is 9.22. The number of benzene rings is 10. The zero-order chi connectivity index (χ0) is 106. The smallest absolute Gasteiger partial charge is 0.303 e. The predicted octanol–water partition coefficient (Wildman–Crippen LogP) is 24.2. The molecule has 0 unspecified atom stereocenters. The second kappa shape index (κ2) is 49.8. The predicted molar refractivity (Wildman–Crippen MR) is 540 cm³/mol. The van der Waals surface area contributed by atoms with E-state index in [0.717, 1.165) is 43.8 Å². The van der Waals surface area contributed by atoms with Crippen LogP contribution in [0.25, 0.3) is 0 Å². The van der Waals surface area contributed by atoms with Gasteiger partial charge in [0, 0.05) is 230 Å². The number of carbonyl (C=O) groups is 5. The number of fused-ring (bicyclic) bond motifs is 5. The third kappa shape index (κ3) is 27.5. The Labute approximate surface area is 843 Å². The molecule has 0 radical (unpaired) electrons. The molecule has 5 aliphatic heterocycles. The topological polar surface area (TPSA) is 637 Å². The first-order chi connectivity index (χ1) is 69.7. The summed E-state index contributed by atoms with van der Waals surface area (Å²) in [6, 6.07) is 36.6. The summed E-state index contributed by atoms with van der Waals surface area (Å²) in [7, 11) is 3.07. The van der Waals surface area contributed by atoms with Crippen LogP contribution in [-0.2, 0) is 14.2 Å². The van der Waals surface area contributed by atoms with Crippen molar-refractivity contribution in [3.63, 3.8) is 0 Å². The number of azo groups is 5. The van der Waals surface area contributed by atoms with Gasteiger partial charge in [-0.3, -0.25) is 84.7 Å². The van der Waals surface area contributed by atoms with E-state index in [1.165, 1.54) is 141 Å². The summed E-state index contributed by atoms with van der Waals surface area (Å²) in [5.74, 6) is 0.845. The van der Waals surface area contributed by atoms with E-state index in [4.69, 9.17) is 25.8 Å². The number of nitro groups is 6. The van der Waals surface area contributed by atoms with Crippen molar-refractivity contribution in [2.45, 2.75) is 78.6 Å². The highest BCUT2D eigenvalue weighted by Crippen LogP contribution is 2.47. The number of nitrogens with zero attached hydrogens (tertiary/aromatic N) is 22. The van der Waals surface area contributed by atoms with Crippen LogP contribution in [0.5, 0.6) is 28.7 Å². The number of phenols is 5. The zero-order valence-corrected chi connectivity index (χ0v) is 81.1. The van der Waals surface area contributed by atoms with Crippen LogP contribution in [0.2, 0.25) is 5.02 Å². The molecule has 0 aliphatic carbocycles. The molecule has 49 heteroatoms. The van der Waals surface area contributed by atoms with Crippen molar-refractivity contribution in [1.82, 2.24) is 0 Å². The van der Waals surface area contributed by atoms with E-state index in [9.17, 15) is 115 Å². The monoisotopic (exact) mass is 2080 g/mol. The molecule has 0 bridgehead atoms. The average molecular weight is 2080 g/mol. The van der Waals surface area contributed by atoms with Gasteiger partial charge < -0.3 is 64.2 Å². The molecule has 754 valence electrons. The molecule has 146 heavy (non-hydrogen) atoms. The summed E-state index contributed by atoms with van der Waals surface area (Å²) < 4.78 is 15.9. The minimum atomic E-state index is -0.816. The van der Waals surface area contributed by atoms with Gasteiger partial charge in [-0.2, -0.15) is 10.4 Å². The van der Waals surface area contributed by atoms with Crippen molar-refractivity contribution >= 4 is 176 Å². The van der Waals surface area contributed by atoms with Gasteiger partial charge in [-0.15, -0.1) is 46.0 Å². The highest BCUT2D eigenvalue weighted by Gasteiger charge is 2.33. The first-order valence-corrected chi connectivity index (χ1v) is 45.7. The number of ketones is 5. The Morgan fingerprint density at radius 3 is 1.03 bits per heavy atom. The molecule has 10 aromatic rings. The summed E-state index contributed by atoms with van der Waals surface area (Å²) in [5.41, 5.74) is 5.04. The van der Waals surface area contributed by atoms with Crippen molar-refractivity contribution in [2.75, 3.05) is 111 Å². The fourth-order valence-corrected chi connectivity index (χ4v) is 15.8. The quantitative estimate of drug-likeness (QED) is 0.0113. The fourth-order valence-electron chi connectivity index (χ4n) is 15.1. The number of non-ortho nitro benzene ring substituents is 5. The normalized spacial score (nSPS) is 13.4. The molecule has 0 atom stereocenters. The van der Waals surface area contributed by atoms with Gasteiger partial charge in [0.1, 0.15) is 80.3 Å². The molecule has 0 amide bonds. The first kappa shape index (κ1) is 108. The van der Waals surface area contributed by atoms with E-state index < -0.39 is 40.9 Å². The molecule has 0 fully saturated rings. The number of methoxy groups -OCH3 is 2. The van der Waals surface area contributed by atoms with E-state index in [0.29, 0.717) is 193 Å². The van der Waals surface area contributed by atoms with Crippen molar-refractivity contribution in [1.29, 1.82) is 5.26 Å². The molecule has 0 saturated carbocycles. The van der Waals surface area contributed by atoms with Gasteiger partial charge in [0.15, 0.2) is 34.6 Å². The Kier molecular flexibility index (Phi) is 36.9. The number of ether oxygens (including phenoxy) is 3. The number of halogens is 2. The lowest BCUT2D eigenvalue weighted by atomic mass is 9.99. The molecule has 0 aromatic heterocycles. The van der Waals surface area contributed by atoms with Crippen molar-refractivity contribution in [3.05, 3.63) is 298 Å². The molecule has 0 saturated heterocycles. The van der Waals surface area contributed by atoms with Crippen LogP contribution in [0.1, 0.15) is 136 Å². The van der Waals surface area contributed by atoms with Gasteiger partial charge in [0.05, 0.1) is 123 Å². The summed E-state index contributed by atoms with van der Waals surface area (Å²) in [5, 5.41) is 166. The number of hydrogen-bond donors (Lipinski definition) is 5. The molecule has 0 spiro atoms. The fraction of sp³-hybridized carbons (Fsp3) is 0.258. The largest absolute Gasteiger partial charge is 0.506 e.